The number of benzene rings is 2. The van der Waals surface area contributed by atoms with E-state index in [4.69, 9.17) is 16.3 Å². The van der Waals surface area contributed by atoms with Gasteiger partial charge in [0.05, 0.1) is 0 Å². The van der Waals surface area contributed by atoms with E-state index in [9.17, 15) is 22.4 Å². The van der Waals surface area contributed by atoms with Crippen molar-refractivity contribution in [1.82, 2.24) is 4.90 Å². The van der Waals surface area contributed by atoms with Crippen LogP contribution in [0.15, 0.2) is 24.3 Å². The van der Waals surface area contributed by atoms with Crippen molar-refractivity contribution >= 4 is 23.2 Å². The zero-order valence-electron chi connectivity index (χ0n) is 17.4. The van der Waals surface area contributed by atoms with Gasteiger partial charge in [-0.2, -0.15) is 0 Å². The molecule has 1 fully saturated rings. The van der Waals surface area contributed by atoms with Crippen LogP contribution in [0.2, 0.25) is 5.02 Å². The summed E-state index contributed by atoms with van der Waals surface area (Å²) in [5, 5.41) is -1.22. The van der Waals surface area contributed by atoms with Gasteiger partial charge >= 0.3 is 0 Å². The molecule has 0 bridgehead atoms. The van der Waals surface area contributed by atoms with E-state index in [0.717, 1.165) is 10.5 Å². The molecule has 0 spiro atoms. The van der Waals surface area contributed by atoms with E-state index < -0.39 is 34.0 Å². The average molecular weight is 459 g/mol. The average Bonchev–Trinajstić information content (AvgIpc) is 2.75. The third kappa shape index (κ3) is 4.89. The zero-order chi connectivity index (χ0) is 22.9. The molecule has 31 heavy (non-hydrogen) atoms. The lowest BCUT2D eigenvalue weighted by molar-refractivity contribution is -0.133. The Labute approximate surface area is 183 Å². The SMILES string of the molecule is CC(C)(C)c1ccc(OCC(=O)N2CCN(c3c(F)c(F)c(Cl)c(F)c3F)CC2)cc1. The highest BCUT2D eigenvalue weighted by molar-refractivity contribution is 6.31. The molecule has 1 amide bonds. The lowest BCUT2D eigenvalue weighted by Crippen LogP contribution is -2.50. The monoisotopic (exact) mass is 458 g/mol. The number of halogens is 5. The molecule has 0 atom stereocenters. The number of carbonyl (C=O) groups is 1. The molecule has 0 saturated carbocycles. The standard InChI is InChI=1S/C22H23ClF4N2O2/c1-22(2,3)13-4-6-14(7-5-13)31-12-15(30)28-8-10-29(11-9-28)21-19(26)17(24)16(23)18(25)20(21)27/h4-7H,8-12H2,1-3H3. The summed E-state index contributed by atoms with van der Waals surface area (Å²) in [7, 11) is 0. The number of hydrogen-bond acceptors (Lipinski definition) is 3. The van der Waals surface area contributed by atoms with Crippen LogP contribution in [0.1, 0.15) is 26.3 Å². The molecule has 2 aromatic carbocycles. The maximum absolute atomic E-state index is 14.1. The first-order chi connectivity index (χ1) is 14.5. The number of piperazine rings is 1. The van der Waals surface area contributed by atoms with Crippen LogP contribution >= 0.6 is 11.6 Å². The smallest absolute Gasteiger partial charge is 0.260 e. The summed E-state index contributed by atoms with van der Waals surface area (Å²) < 4.78 is 61.3. The molecular formula is C22H23ClF4N2O2. The Hall–Kier alpha value is -2.48. The topological polar surface area (TPSA) is 32.8 Å². The van der Waals surface area contributed by atoms with Gasteiger partial charge in [0.15, 0.2) is 29.9 Å². The van der Waals surface area contributed by atoms with Gasteiger partial charge in [0.1, 0.15) is 16.5 Å². The van der Waals surface area contributed by atoms with Crippen LogP contribution in [-0.2, 0) is 10.2 Å². The first kappa shape index (κ1) is 23.2. The molecule has 3 rings (SSSR count). The van der Waals surface area contributed by atoms with Crippen molar-refractivity contribution in [3.8, 4) is 5.75 Å². The molecule has 1 saturated heterocycles. The molecule has 2 aromatic rings. The van der Waals surface area contributed by atoms with Crippen molar-refractivity contribution in [3.05, 3.63) is 58.1 Å². The number of nitrogens with zero attached hydrogens (tertiary/aromatic N) is 2. The lowest BCUT2D eigenvalue weighted by Gasteiger charge is -2.36. The number of carbonyl (C=O) groups excluding carboxylic acids is 1. The summed E-state index contributed by atoms with van der Waals surface area (Å²) >= 11 is 5.26. The third-order valence-electron chi connectivity index (χ3n) is 5.22. The molecular weight excluding hydrogens is 436 g/mol. The van der Waals surface area contributed by atoms with E-state index in [1.165, 1.54) is 4.90 Å². The Morgan fingerprint density at radius 1 is 0.935 bits per heavy atom. The van der Waals surface area contributed by atoms with Gasteiger partial charge in [-0.1, -0.05) is 44.5 Å². The summed E-state index contributed by atoms with van der Waals surface area (Å²) in [5.74, 6) is -6.12. The molecule has 9 heteroatoms. The number of ether oxygens (including phenoxy) is 1. The molecule has 1 heterocycles. The van der Waals surface area contributed by atoms with Gasteiger partial charge in [-0.25, -0.2) is 17.6 Å². The van der Waals surface area contributed by atoms with Gasteiger partial charge in [-0.05, 0) is 23.1 Å². The summed E-state index contributed by atoms with van der Waals surface area (Å²) in [6.07, 6.45) is 0. The van der Waals surface area contributed by atoms with Crippen LogP contribution in [0.4, 0.5) is 23.2 Å². The molecule has 1 aliphatic heterocycles. The maximum Gasteiger partial charge on any atom is 0.260 e. The number of amides is 1. The van der Waals surface area contributed by atoms with Crippen molar-refractivity contribution < 1.29 is 27.1 Å². The summed E-state index contributed by atoms with van der Waals surface area (Å²) in [4.78, 5) is 15.1. The van der Waals surface area contributed by atoms with Crippen molar-refractivity contribution in [1.29, 1.82) is 0 Å². The van der Waals surface area contributed by atoms with Crippen LogP contribution < -0.4 is 9.64 Å². The predicted molar refractivity (Wildman–Crippen MR) is 111 cm³/mol. The van der Waals surface area contributed by atoms with Gasteiger partial charge in [-0.15, -0.1) is 0 Å². The molecule has 168 valence electrons. The fourth-order valence-corrected chi connectivity index (χ4v) is 3.50. The molecule has 0 unspecified atom stereocenters. The number of rotatable bonds is 4. The van der Waals surface area contributed by atoms with Crippen LogP contribution in [-0.4, -0.2) is 43.6 Å². The highest BCUT2D eigenvalue weighted by Gasteiger charge is 2.30. The normalized spacial score (nSPS) is 14.7. The Morgan fingerprint density at radius 3 is 1.94 bits per heavy atom. The largest absolute Gasteiger partial charge is 0.484 e. The molecule has 0 radical (unpaired) electrons. The van der Waals surface area contributed by atoms with Crippen molar-refractivity contribution in [3.63, 3.8) is 0 Å². The minimum Gasteiger partial charge on any atom is -0.484 e. The second-order valence-corrected chi connectivity index (χ2v) is 8.73. The summed E-state index contributed by atoms with van der Waals surface area (Å²) in [5.41, 5.74) is 0.321. The third-order valence-corrected chi connectivity index (χ3v) is 5.55. The predicted octanol–water partition coefficient (Wildman–Crippen LogP) is 4.92. The minimum atomic E-state index is -1.64. The maximum atomic E-state index is 14.1. The van der Waals surface area contributed by atoms with E-state index in [0.29, 0.717) is 5.75 Å². The molecule has 0 aliphatic carbocycles. The summed E-state index contributed by atoms with van der Waals surface area (Å²) in [6, 6.07) is 7.46. The Balaban J connectivity index is 1.58. The first-order valence-corrected chi connectivity index (χ1v) is 10.2. The fourth-order valence-electron chi connectivity index (χ4n) is 3.34. The van der Waals surface area contributed by atoms with Crippen molar-refractivity contribution in [2.45, 2.75) is 26.2 Å². The van der Waals surface area contributed by atoms with E-state index in [-0.39, 0.29) is 44.1 Å². The Morgan fingerprint density at radius 2 is 1.45 bits per heavy atom. The fraction of sp³-hybridized carbons (Fsp3) is 0.409. The Kier molecular flexibility index (Phi) is 6.69. The van der Waals surface area contributed by atoms with E-state index >= 15 is 0 Å². The van der Waals surface area contributed by atoms with Gasteiger partial charge in [0, 0.05) is 26.2 Å². The lowest BCUT2D eigenvalue weighted by atomic mass is 9.87. The van der Waals surface area contributed by atoms with Gasteiger partial charge in [0.2, 0.25) is 0 Å². The minimum absolute atomic E-state index is 0.000369. The summed E-state index contributed by atoms with van der Waals surface area (Å²) in [6.45, 7) is 6.33. The van der Waals surface area contributed by atoms with Crippen molar-refractivity contribution in [2.75, 3.05) is 37.7 Å². The Bertz CT molecular complexity index is 940. The van der Waals surface area contributed by atoms with E-state index in [1.54, 1.807) is 12.1 Å². The molecule has 1 aliphatic rings. The first-order valence-electron chi connectivity index (χ1n) is 9.78. The van der Waals surface area contributed by atoms with Crippen LogP contribution in [0, 0.1) is 23.3 Å². The molecule has 4 nitrogen and oxygen atoms in total. The number of anilines is 1. The zero-order valence-corrected chi connectivity index (χ0v) is 18.2. The van der Waals surface area contributed by atoms with Crippen molar-refractivity contribution in [2.24, 2.45) is 0 Å². The van der Waals surface area contributed by atoms with E-state index in [1.807, 2.05) is 12.1 Å². The van der Waals surface area contributed by atoms with Crippen LogP contribution in [0.5, 0.6) is 5.75 Å². The highest BCUT2D eigenvalue weighted by Crippen LogP contribution is 2.34. The van der Waals surface area contributed by atoms with Gasteiger partial charge in [0.25, 0.3) is 5.91 Å². The molecule has 0 aromatic heterocycles. The molecule has 0 N–H and O–H groups in total. The van der Waals surface area contributed by atoms with E-state index in [2.05, 4.69) is 20.8 Å². The highest BCUT2D eigenvalue weighted by atomic mass is 35.5. The second kappa shape index (κ2) is 8.94. The quantitative estimate of drug-likeness (QED) is 0.370. The van der Waals surface area contributed by atoms with Gasteiger partial charge in [-0.3, -0.25) is 4.79 Å². The second-order valence-electron chi connectivity index (χ2n) is 8.35. The van der Waals surface area contributed by atoms with Crippen LogP contribution in [0.3, 0.4) is 0 Å². The van der Waals surface area contributed by atoms with Gasteiger partial charge < -0.3 is 14.5 Å². The number of hydrogen-bond donors (Lipinski definition) is 0. The van der Waals surface area contributed by atoms with Crippen LogP contribution in [0.25, 0.3) is 0 Å².